The molecule has 2 aliphatic rings. The molecule has 1 atom stereocenters. The van der Waals surface area contributed by atoms with Crippen LogP contribution in [-0.2, 0) is 20.0 Å². The van der Waals surface area contributed by atoms with Gasteiger partial charge in [-0.25, -0.2) is 27.0 Å². The smallest absolute Gasteiger partial charge is 0.243 e. The molecule has 2 aliphatic heterocycles. The van der Waals surface area contributed by atoms with Crippen LogP contribution in [0.25, 0.3) is 10.9 Å². The van der Waals surface area contributed by atoms with Crippen molar-refractivity contribution in [1.82, 2.24) is 14.2 Å². The standard InChI is InChI=1S/C23H35N5O4S2/c1-23(2,3)27-12-5-13-28(15-14-27)34(31,32)19-8-9-21-18(16-19)7-10-22(25-21)26-11-4-6-20(17-26)33(24,29)30/h7-10,16,20H,4-6,11-15,17H2,1-3H3,(H2,24,29,30)/t20-/m0/s1. The van der Waals surface area contributed by atoms with E-state index >= 15 is 0 Å². The Kier molecular flexibility index (Phi) is 6.96. The molecule has 0 spiro atoms. The van der Waals surface area contributed by atoms with Gasteiger partial charge in [0, 0.05) is 43.6 Å². The van der Waals surface area contributed by atoms with Crippen LogP contribution in [0, 0.1) is 0 Å². The predicted octanol–water partition coefficient (Wildman–Crippen LogP) is 1.99. The van der Waals surface area contributed by atoms with Gasteiger partial charge in [0.15, 0.2) is 0 Å². The Morgan fingerprint density at radius 3 is 2.41 bits per heavy atom. The molecular formula is C23H35N5O4S2. The number of nitrogens with zero attached hydrogens (tertiary/aromatic N) is 4. The molecular weight excluding hydrogens is 474 g/mol. The highest BCUT2D eigenvalue weighted by Crippen LogP contribution is 2.27. The molecule has 0 unspecified atom stereocenters. The quantitative estimate of drug-likeness (QED) is 0.670. The van der Waals surface area contributed by atoms with Gasteiger partial charge in [0.1, 0.15) is 5.82 Å². The van der Waals surface area contributed by atoms with Crippen LogP contribution in [0.2, 0.25) is 0 Å². The van der Waals surface area contributed by atoms with Crippen molar-refractivity contribution in [2.45, 2.75) is 55.7 Å². The van der Waals surface area contributed by atoms with Crippen LogP contribution < -0.4 is 10.0 Å². The molecule has 3 heterocycles. The molecule has 34 heavy (non-hydrogen) atoms. The second-order valence-electron chi connectivity index (χ2n) is 10.2. The maximum absolute atomic E-state index is 13.4. The van der Waals surface area contributed by atoms with E-state index in [1.807, 2.05) is 17.0 Å². The Labute approximate surface area is 203 Å². The number of primary sulfonamides is 1. The number of nitrogens with two attached hydrogens (primary N) is 1. The third kappa shape index (κ3) is 5.38. The lowest BCUT2D eigenvalue weighted by Gasteiger charge is -2.34. The largest absolute Gasteiger partial charge is 0.355 e. The summed E-state index contributed by atoms with van der Waals surface area (Å²) >= 11 is 0. The van der Waals surface area contributed by atoms with Gasteiger partial charge in [0.25, 0.3) is 0 Å². The summed E-state index contributed by atoms with van der Waals surface area (Å²) < 4.78 is 52.0. The Bertz CT molecular complexity index is 1260. The number of hydrogen-bond acceptors (Lipinski definition) is 7. The Hall–Kier alpha value is -1.79. The van der Waals surface area contributed by atoms with Crippen LogP contribution >= 0.6 is 0 Å². The molecule has 9 nitrogen and oxygen atoms in total. The van der Waals surface area contributed by atoms with Gasteiger partial charge in [-0.1, -0.05) is 0 Å². The molecule has 188 valence electrons. The molecule has 1 aromatic heterocycles. The van der Waals surface area contributed by atoms with E-state index < -0.39 is 25.3 Å². The summed E-state index contributed by atoms with van der Waals surface area (Å²) in [5, 5.41) is 5.49. The van der Waals surface area contributed by atoms with Crippen molar-refractivity contribution in [2.24, 2.45) is 5.14 Å². The monoisotopic (exact) mass is 509 g/mol. The first-order valence-corrected chi connectivity index (χ1v) is 14.8. The van der Waals surface area contributed by atoms with Crippen molar-refractivity contribution in [2.75, 3.05) is 44.2 Å². The third-order valence-corrected chi connectivity index (χ3v) is 10.1. The van der Waals surface area contributed by atoms with E-state index in [2.05, 4.69) is 30.7 Å². The molecule has 11 heteroatoms. The first kappa shape index (κ1) is 25.3. The molecule has 2 N–H and O–H groups in total. The van der Waals surface area contributed by atoms with Crippen LogP contribution in [0.5, 0.6) is 0 Å². The topological polar surface area (TPSA) is 117 Å². The molecule has 1 aromatic carbocycles. The Morgan fingerprint density at radius 1 is 0.941 bits per heavy atom. The summed E-state index contributed by atoms with van der Waals surface area (Å²) in [6, 6.07) is 8.69. The zero-order valence-corrected chi connectivity index (χ0v) is 21.8. The zero-order chi connectivity index (χ0) is 24.7. The molecule has 4 rings (SSSR count). The molecule has 0 amide bonds. The average molecular weight is 510 g/mol. The minimum atomic E-state index is -3.61. The van der Waals surface area contributed by atoms with Gasteiger partial charge in [-0.05, 0) is 76.9 Å². The highest BCUT2D eigenvalue weighted by Gasteiger charge is 2.31. The van der Waals surface area contributed by atoms with Gasteiger partial charge in [-0.15, -0.1) is 0 Å². The van der Waals surface area contributed by atoms with Gasteiger partial charge >= 0.3 is 0 Å². The van der Waals surface area contributed by atoms with Crippen molar-refractivity contribution < 1.29 is 16.8 Å². The fourth-order valence-corrected chi connectivity index (χ4v) is 7.19. The van der Waals surface area contributed by atoms with E-state index in [0.717, 1.165) is 24.8 Å². The van der Waals surface area contributed by atoms with Crippen LogP contribution in [0.4, 0.5) is 5.82 Å². The third-order valence-electron chi connectivity index (χ3n) is 6.85. The minimum absolute atomic E-state index is 0.00874. The molecule has 0 saturated carbocycles. The number of hydrogen-bond donors (Lipinski definition) is 1. The van der Waals surface area contributed by atoms with E-state index in [9.17, 15) is 16.8 Å². The maximum Gasteiger partial charge on any atom is 0.243 e. The van der Waals surface area contributed by atoms with E-state index in [1.165, 1.54) is 0 Å². The second-order valence-corrected chi connectivity index (χ2v) is 14.0. The molecule has 0 radical (unpaired) electrons. The molecule has 2 saturated heterocycles. The van der Waals surface area contributed by atoms with Gasteiger partial charge in [-0.3, -0.25) is 4.90 Å². The van der Waals surface area contributed by atoms with Crippen LogP contribution in [0.3, 0.4) is 0 Å². The number of aromatic nitrogens is 1. The van der Waals surface area contributed by atoms with Crippen molar-refractivity contribution >= 4 is 36.8 Å². The molecule has 2 fully saturated rings. The summed E-state index contributed by atoms with van der Waals surface area (Å²) in [6.07, 6.45) is 2.07. The van der Waals surface area contributed by atoms with Gasteiger partial charge in [-0.2, -0.15) is 4.31 Å². The predicted molar refractivity (Wildman–Crippen MR) is 135 cm³/mol. The fourth-order valence-electron chi connectivity index (χ4n) is 4.80. The lowest BCUT2D eigenvalue weighted by molar-refractivity contribution is 0.145. The van der Waals surface area contributed by atoms with Crippen molar-refractivity contribution in [3.63, 3.8) is 0 Å². The zero-order valence-electron chi connectivity index (χ0n) is 20.1. The number of benzene rings is 1. The van der Waals surface area contributed by atoms with Crippen LogP contribution in [0.15, 0.2) is 35.2 Å². The van der Waals surface area contributed by atoms with E-state index in [-0.39, 0.29) is 10.4 Å². The number of pyridine rings is 1. The highest BCUT2D eigenvalue weighted by molar-refractivity contribution is 7.89. The first-order valence-electron chi connectivity index (χ1n) is 11.8. The van der Waals surface area contributed by atoms with Crippen LogP contribution in [0.1, 0.15) is 40.0 Å². The normalized spacial score (nSPS) is 22.1. The summed E-state index contributed by atoms with van der Waals surface area (Å²) in [5.41, 5.74) is 0.679. The summed E-state index contributed by atoms with van der Waals surface area (Å²) in [4.78, 5) is 9.21. The van der Waals surface area contributed by atoms with Gasteiger partial charge in [0.2, 0.25) is 20.0 Å². The highest BCUT2D eigenvalue weighted by atomic mass is 32.2. The summed E-state index contributed by atoms with van der Waals surface area (Å²) in [7, 11) is -7.21. The number of sulfonamides is 2. The number of fused-ring (bicyclic) bond motifs is 1. The average Bonchev–Trinajstić information content (AvgIpc) is 3.05. The summed E-state index contributed by atoms with van der Waals surface area (Å²) in [5.74, 6) is 0.672. The Morgan fingerprint density at radius 2 is 1.71 bits per heavy atom. The van der Waals surface area contributed by atoms with E-state index in [1.54, 1.807) is 22.5 Å². The van der Waals surface area contributed by atoms with Crippen molar-refractivity contribution in [3.05, 3.63) is 30.3 Å². The van der Waals surface area contributed by atoms with Crippen molar-refractivity contribution in [1.29, 1.82) is 0 Å². The molecule has 2 aromatic rings. The van der Waals surface area contributed by atoms with Gasteiger partial charge < -0.3 is 4.90 Å². The lowest BCUT2D eigenvalue weighted by atomic mass is 10.1. The molecule has 0 aliphatic carbocycles. The molecule has 0 bridgehead atoms. The second kappa shape index (κ2) is 9.34. The van der Waals surface area contributed by atoms with E-state index in [4.69, 9.17) is 5.14 Å². The minimum Gasteiger partial charge on any atom is -0.355 e. The number of piperidine rings is 1. The van der Waals surface area contributed by atoms with Crippen molar-refractivity contribution in [3.8, 4) is 0 Å². The first-order chi connectivity index (χ1) is 15.9. The fraction of sp³-hybridized carbons (Fsp3) is 0.609. The SMILES string of the molecule is CC(C)(C)N1CCCN(S(=O)(=O)c2ccc3nc(N4CCC[C@H](S(N)(=O)=O)C4)ccc3c2)CC1. The Balaban J connectivity index is 1.55. The van der Waals surface area contributed by atoms with Crippen LogP contribution in [-0.4, -0.2) is 81.1 Å². The maximum atomic E-state index is 13.4. The van der Waals surface area contributed by atoms with E-state index in [0.29, 0.717) is 50.5 Å². The number of rotatable bonds is 4. The lowest BCUT2D eigenvalue weighted by Crippen LogP contribution is -2.45. The summed E-state index contributed by atoms with van der Waals surface area (Å²) in [6.45, 7) is 10.0. The number of anilines is 1. The van der Waals surface area contributed by atoms with Gasteiger partial charge in [0.05, 0.1) is 15.7 Å².